The average Bonchev–Trinajstić information content (AvgIpc) is 2.98. The number of halogens is 4. The van der Waals surface area contributed by atoms with Gasteiger partial charge in [0.15, 0.2) is 0 Å². The van der Waals surface area contributed by atoms with Gasteiger partial charge in [-0.1, -0.05) is 59.2 Å². The topological polar surface area (TPSA) is 104 Å². The molecular formula is C19H18Cl4N2O5. The molecule has 1 unspecified atom stereocenters. The average molecular weight is 496 g/mol. The van der Waals surface area contributed by atoms with Crippen LogP contribution in [0.5, 0.6) is 0 Å². The van der Waals surface area contributed by atoms with E-state index in [0.29, 0.717) is 12.8 Å². The van der Waals surface area contributed by atoms with Gasteiger partial charge < -0.3 is 10.4 Å². The van der Waals surface area contributed by atoms with E-state index in [9.17, 15) is 24.3 Å². The number of imide groups is 1. The predicted molar refractivity (Wildman–Crippen MR) is 113 cm³/mol. The first-order valence-corrected chi connectivity index (χ1v) is 10.8. The lowest BCUT2D eigenvalue weighted by Gasteiger charge is -2.29. The number of amides is 3. The van der Waals surface area contributed by atoms with Crippen LogP contribution < -0.4 is 5.32 Å². The number of benzene rings is 1. The highest BCUT2D eigenvalue weighted by molar-refractivity contribution is 6.55. The third-order valence-corrected chi connectivity index (χ3v) is 7.47. The van der Waals surface area contributed by atoms with Crippen LogP contribution in [0.15, 0.2) is 0 Å². The lowest BCUT2D eigenvalue weighted by molar-refractivity contribution is -0.145. The number of aliphatic carboxylic acids is 1. The van der Waals surface area contributed by atoms with Gasteiger partial charge in [-0.15, -0.1) is 0 Å². The quantitative estimate of drug-likeness (QED) is 0.360. The smallest absolute Gasteiger partial charge is 0.306 e. The van der Waals surface area contributed by atoms with Crippen LogP contribution in [0.4, 0.5) is 0 Å². The van der Waals surface area contributed by atoms with Crippen molar-refractivity contribution in [1.82, 2.24) is 10.2 Å². The summed E-state index contributed by atoms with van der Waals surface area (Å²) < 4.78 is 0. The molecule has 0 radical (unpaired) electrons. The Morgan fingerprint density at radius 3 is 2.00 bits per heavy atom. The fraction of sp³-hybridized carbons (Fsp3) is 0.474. The molecule has 11 heteroatoms. The predicted octanol–water partition coefficient (Wildman–Crippen LogP) is 4.29. The minimum absolute atomic E-state index is 0.141. The summed E-state index contributed by atoms with van der Waals surface area (Å²) in [4.78, 5) is 50.5. The fourth-order valence-corrected chi connectivity index (χ4v) is 5.01. The van der Waals surface area contributed by atoms with Gasteiger partial charge >= 0.3 is 5.97 Å². The van der Waals surface area contributed by atoms with Crippen molar-refractivity contribution < 1.29 is 24.3 Å². The lowest BCUT2D eigenvalue weighted by Crippen LogP contribution is -2.49. The normalized spacial score (nSPS) is 22.1. The molecule has 2 aliphatic rings. The van der Waals surface area contributed by atoms with Gasteiger partial charge in [-0.05, 0) is 25.7 Å². The van der Waals surface area contributed by atoms with Crippen molar-refractivity contribution in [3.05, 3.63) is 31.2 Å². The van der Waals surface area contributed by atoms with Crippen molar-refractivity contribution in [1.29, 1.82) is 0 Å². The standard InChI is InChI=1S/C19H18Cl4N2O5/c1-7(16(26)24-6-8-4-2-3-5-9(8)19(29)30)25-17(27)10-11(18(25)28)13(21)15(23)14(22)12(10)20/h7-9H,2-6H2,1H3,(H,24,26)(H,29,30)/t7?,8-,9-/m0/s1. The highest BCUT2D eigenvalue weighted by Crippen LogP contribution is 2.45. The number of rotatable bonds is 5. The molecule has 7 nitrogen and oxygen atoms in total. The first-order chi connectivity index (χ1) is 14.1. The van der Waals surface area contributed by atoms with E-state index in [2.05, 4.69) is 5.32 Å². The second kappa shape index (κ2) is 8.91. The van der Waals surface area contributed by atoms with Crippen LogP contribution in [0, 0.1) is 11.8 Å². The van der Waals surface area contributed by atoms with E-state index >= 15 is 0 Å². The third-order valence-electron chi connectivity index (χ3n) is 5.66. The maximum absolute atomic E-state index is 12.8. The first kappa shape index (κ1) is 23.1. The van der Waals surface area contributed by atoms with Crippen molar-refractivity contribution in [3.8, 4) is 0 Å². The van der Waals surface area contributed by atoms with Crippen LogP contribution >= 0.6 is 46.4 Å². The molecular weight excluding hydrogens is 478 g/mol. The summed E-state index contributed by atoms with van der Waals surface area (Å²) in [7, 11) is 0. The summed E-state index contributed by atoms with van der Waals surface area (Å²) in [6.07, 6.45) is 2.96. The maximum Gasteiger partial charge on any atom is 0.306 e. The number of carbonyl (C=O) groups excluding carboxylic acids is 3. The molecule has 0 saturated heterocycles. The highest BCUT2D eigenvalue weighted by atomic mass is 35.5. The van der Waals surface area contributed by atoms with Gasteiger partial charge in [0, 0.05) is 6.54 Å². The fourth-order valence-electron chi connectivity index (χ4n) is 3.99. The minimum atomic E-state index is -1.17. The molecule has 0 aromatic heterocycles. The molecule has 1 heterocycles. The Bertz CT molecular complexity index is 905. The second-order valence-corrected chi connectivity index (χ2v) is 8.91. The molecule has 1 fully saturated rings. The zero-order valence-corrected chi connectivity index (χ0v) is 18.8. The Hall–Kier alpha value is -1.54. The van der Waals surface area contributed by atoms with Gasteiger partial charge in [0.2, 0.25) is 5.91 Å². The van der Waals surface area contributed by atoms with E-state index in [1.54, 1.807) is 0 Å². The summed E-state index contributed by atoms with van der Waals surface area (Å²) in [5, 5.41) is 11.3. The summed E-state index contributed by atoms with van der Waals surface area (Å²) in [5.41, 5.74) is -0.391. The summed E-state index contributed by atoms with van der Waals surface area (Å²) in [6.45, 7) is 1.53. The van der Waals surface area contributed by atoms with Crippen LogP contribution in [0.2, 0.25) is 20.1 Å². The van der Waals surface area contributed by atoms with E-state index in [1.165, 1.54) is 6.92 Å². The molecule has 3 amide bonds. The van der Waals surface area contributed by atoms with Crippen molar-refractivity contribution >= 4 is 70.1 Å². The Labute approximate surface area is 192 Å². The summed E-state index contributed by atoms with van der Waals surface area (Å²) in [6, 6.07) is -1.17. The Balaban J connectivity index is 1.77. The number of nitrogens with zero attached hydrogens (tertiary/aromatic N) is 1. The van der Waals surface area contributed by atoms with Crippen LogP contribution in [-0.2, 0) is 9.59 Å². The van der Waals surface area contributed by atoms with Crippen molar-refractivity contribution in [3.63, 3.8) is 0 Å². The molecule has 1 aromatic rings. The molecule has 30 heavy (non-hydrogen) atoms. The van der Waals surface area contributed by atoms with E-state index in [-0.39, 0.29) is 43.7 Å². The van der Waals surface area contributed by atoms with Crippen LogP contribution in [0.3, 0.4) is 0 Å². The molecule has 1 aromatic carbocycles. The van der Waals surface area contributed by atoms with Gasteiger partial charge in [0.05, 0.1) is 37.1 Å². The number of fused-ring (bicyclic) bond motifs is 1. The molecule has 2 N–H and O–H groups in total. The van der Waals surface area contributed by atoms with E-state index in [1.807, 2.05) is 0 Å². The van der Waals surface area contributed by atoms with Gasteiger partial charge in [-0.3, -0.25) is 24.1 Å². The number of carboxylic acid groups (broad SMARTS) is 1. The number of hydrogen-bond acceptors (Lipinski definition) is 4. The molecule has 1 aliphatic heterocycles. The molecule has 0 bridgehead atoms. The number of hydrogen-bond donors (Lipinski definition) is 2. The molecule has 1 saturated carbocycles. The Morgan fingerprint density at radius 2 is 1.50 bits per heavy atom. The molecule has 3 atom stereocenters. The van der Waals surface area contributed by atoms with Gasteiger partial charge in [0.25, 0.3) is 11.8 Å². The zero-order chi connectivity index (χ0) is 22.3. The largest absolute Gasteiger partial charge is 0.481 e. The molecule has 162 valence electrons. The lowest BCUT2D eigenvalue weighted by atomic mass is 9.79. The first-order valence-electron chi connectivity index (χ1n) is 9.32. The van der Waals surface area contributed by atoms with Crippen LogP contribution in [-0.4, -0.2) is 46.3 Å². The van der Waals surface area contributed by atoms with Gasteiger partial charge in [-0.2, -0.15) is 0 Å². The van der Waals surface area contributed by atoms with Gasteiger partial charge in [0.1, 0.15) is 6.04 Å². The Kier molecular flexibility index (Phi) is 6.87. The van der Waals surface area contributed by atoms with Crippen molar-refractivity contribution in [2.45, 2.75) is 38.6 Å². The molecule has 1 aliphatic carbocycles. The maximum atomic E-state index is 12.8. The second-order valence-electron chi connectivity index (χ2n) is 7.40. The van der Waals surface area contributed by atoms with Crippen LogP contribution in [0.25, 0.3) is 0 Å². The number of nitrogens with one attached hydrogen (secondary N) is 1. The van der Waals surface area contributed by atoms with Gasteiger partial charge in [-0.25, -0.2) is 0 Å². The number of carbonyl (C=O) groups is 4. The number of carboxylic acids is 1. The summed E-state index contributed by atoms with van der Waals surface area (Å²) in [5.74, 6) is -3.83. The minimum Gasteiger partial charge on any atom is -0.481 e. The SMILES string of the molecule is CC(C(=O)NC[C@@H]1CCCC[C@@H]1C(=O)O)N1C(=O)c2c(Cl)c(Cl)c(Cl)c(Cl)c2C1=O. The molecule has 3 rings (SSSR count). The van der Waals surface area contributed by atoms with Crippen LogP contribution in [0.1, 0.15) is 53.3 Å². The third kappa shape index (κ3) is 3.88. The summed E-state index contributed by atoms with van der Waals surface area (Å²) >= 11 is 24.2. The van der Waals surface area contributed by atoms with Crippen molar-refractivity contribution in [2.75, 3.05) is 6.54 Å². The van der Waals surface area contributed by atoms with Crippen molar-refractivity contribution in [2.24, 2.45) is 11.8 Å². The monoisotopic (exact) mass is 494 g/mol. The van der Waals surface area contributed by atoms with E-state index in [4.69, 9.17) is 46.4 Å². The van der Waals surface area contributed by atoms with E-state index in [0.717, 1.165) is 17.7 Å². The van der Waals surface area contributed by atoms with E-state index < -0.39 is 35.7 Å². The molecule has 0 spiro atoms. The highest BCUT2D eigenvalue weighted by Gasteiger charge is 2.45. The zero-order valence-electron chi connectivity index (χ0n) is 15.8. The Morgan fingerprint density at radius 1 is 1.00 bits per heavy atom.